The molecule has 2 fully saturated rings. The van der Waals surface area contributed by atoms with Gasteiger partial charge in [-0.25, -0.2) is 9.67 Å². The highest BCUT2D eigenvalue weighted by molar-refractivity contribution is 5.76. The van der Waals surface area contributed by atoms with E-state index in [4.69, 9.17) is 5.73 Å². The first-order valence-electron chi connectivity index (χ1n) is 6.39. The standard InChI is InChI=1S/C11H18N6O/c12-11-13-8-17(14-11)7-10(18)16-5-4-15-3-1-2-9(15)6-16/h8-9H,1-7H2,(H2,12,14). The van der Waals surface area contributed by atoms with E-state index in [9.17, 15) is 4.79 Å². The summed E-state index contributed by atoms with van der Waals surface area (Å²) in [5.74, 6) is 0.315. The van der Waals surface area contributed by atoms with E-state index >= 15 is 0 Å². The molecule has 0 bridgehead atoms. The van der Waals surface area contributed by atoms with E-state index in [1.54, 1.807) is 0 Å². The number of piperazine rings is 1. The number of nitrogens with two attached hydrogens (primary N) is 1. The van der Waals surface area contributed by atoms with Crippen molar-refractivity contribution >= 4 is 11.9 Å². The zero-order valence-corrected chi connectivity index (χ0v) is 10.3. The third-order valence-corrected chi connectivity index (χ3v) is 3.79. The van der Waals surface area contributed by atoms with Crippen LogP contribution in [0.2, 0.25) is 0 Å². The average molecular weight is 250 g/mol. The Labute approximate surface area is 106 Å². The van der Waals surface area contributed by atoms with Gasteiger partial charge in [0.2, 0.25) is 11.9 Å². The molecule has 2 saturated heterocycles. The van der Waals surface area contributed by atoms with Crippen LogP contribution in [0, 0.1) is 0 Å². The normalized spacial score (nSPS) is 24.2. The zero-order chi connectivity index (χ0) is 12.5. The first kappa shape index (κ1) is 11.5. The third kappa shape index (κ3) is 2.17. The van der Waals surface area contributed by atoms with Crippen LogP contribution in [-0.4, -0.2) is 62.7 Å². The Bertz CT molecular complexity index is 444. The zero-order valence-electron chi connectivity index (χ0n) is 10.3. The fourth-order valence-electron chi connectivity index (χ4n) is 2.84. The van der Waals surface area contributed by atoms with Gasteiger partial charge in [-0.2, -0.15) is 0 Å². The molecule has 0 radical (unpaired) electrons. The van der Waals surface area contributed by atoms with Crippen molar-refractivity contribution < 1.29 is 4.79 Å². The highest BCUT2D eigenvalue weighted by Gasteiger charge is 2.32. The Morgan fingerprint density at radius 3 is 3.11 bits per heavy atom. The number of nitrogens with zero attached hydrogens (tertiary/aromatic N) is 5. The summed E-state index contributed by atoms with van der Waals surface area (Å²) in [7, 11) is 0. The van der Waals surface area contributed by atoms with Gasteiger partial charge in [-0.05, 0) is 19.4 Å². The second kappa shape index (κ2) is 4.56. The minimum atomic E-state index is 0.103. The van der Waals surface area contributed by atoms with Crippen LogP contribution in [0.5, 0.6) is 0 Å². The molecule has 98 valence electrons. The minimum absolute atomic E-state index is 0.103. The molecule has 0 spiro atoms. The van der Waals surface area contributed by atoms with E-state index in [1.165, 1.54) is 30.4 Å². The van der Waals surface area contributed by atoms with Gasteiger partial charge in [0.05, 0.1) is 0 Å². The molecule has 0 aliphatic carbocycles. The molecule has 7 heteroatoms. The smallest absolute Gasteiger partial charge is 0.244 e. The summed E-state index contributed by atoms with van der Waals surface area (Å²) in [6.07, 6.45) is 3.96. The largest absolute Gasteiger partial charge is 0.367 e. The number of rotatable bonds is 2. The molecule has 0 saturated carbocycles. The number of carbonyl (C=O) groups excluding carboxylic acids is 1. The minimum Gasteiger partial charge on any atom is -0.367 e. The molecule has 2 aliphatic heterocycles. The maximum Gasteiger partial charge on any atom is 0.244 e. The first-order chi connectivity index (χ1) is 8.72. The highest BCUT2D eigenvalue weighted by Crippen LogP contribution is 2.21. The molecule has 0 aromatic carbocycles. The van der Waals surface area contributed by atoms with E-state index in [2.05, 4.69) is 15.0 Å². The summed E-state index contributed by atoms with van der Waals surface area (Å²) in [5, 5.41) is 3.94. The molecule has 1 unspecified atom stereocenters. The molecule has 3 rings (SSSR count). The molecule has 1 aromatic heterocycles. The van der Waals surface area contributed by atoms with Gasteiger partial charge < -0.3 is 10.6 Å². The Kier molecular flexibility index (Phi) is 2.91. The number of amides is 1. The van der Waals surface area contributed by atoms with Crippen LogP contribution in [0.15, 0.2) is 6.33 Å². The molecule has 7 nitrogen and oxygen atoms in total. The Balaban J connectivity index is 1.59. The SMILES string of the molecule is Nc1ncn(CC(=O)N2CCN3CCCC3C2)n1. The Morgan fingerprint density at radius 1 is 1.44 bits per heavy atom. The predicted molar refractivity (Wildman–Crippen MR) is 65.6 cm³/mol. The summed E-state index contributed by atoms with van der Waals surface area (Å²) >= 11 is 0. The first-order valence-corrected chi connectivity index (χ1v) is 6.39. The van der Waals surface area contributed by atoms with Crippen LogP contribution in [-0.2, 0) is 11.3 Å². The van der Waals surface area contributed by atoms with Crippen molar-refractivity contribution in [1.29, 1.82) is 0 Å². The van der Waals surface area contributed by atoms with Crippen LogP contribution in [0.3, 0.4) is 0 Å². The van der Waals surface area contributed by atoms with Crippen molar-refractivity contribution in [3.63, 3.8) is 0 Å². The lowest BCUT2D eigenvalue weighted by atomic mass is 10.1. The number of carbonyl (C=O) groups is 1. The van der Waals surface area contributed by atoms with E-state index in [0.29, 0.717) is 6.04 Å². The van der Waals surface area contributed by atoms with Gasteiger partial charge in [-0.3, -0.25) is 9.69 Å². The van der Waals surface area contributed by atoms with E-state index in [1.807, 2.05) is 4.90 Å². The van der Waals surface area contributed by atoms with Crippen molar-refractivity contribution in [3.8, 4) is 0 Å². The van der Waals surface area contributed by atoms with Crippen LogP contribution >= 0.6 is 0 Å². The summed E-state index contributed by atoms with van der Waals surface area (Å²) < 4.78 is 1.50. The lowest BCUT2D eigenvalue weighted by molar-refractivity contribution is -0.134. The molecule has 2 N–H and O–H groups in total. The van der Waals surface area contributed by atoms with Gasteiger partial charge in [0, 0.05) is 25.7 Å². The second-order valence-corrected chi connectivity index (χ2v) is 4.97. The predicted octanol–water partition coefficient (Wildman–Crippen LogP) is -0.833. The monoisotopic (exact) mass is 250 g/mol. The number of hydrogen-bond donors (Lipinski definition) is 1. The van der Waals surface area contributed by atoms with Crippen LogP contribution in [0.1, 0.15) is 12.8 Å². The van der Waals surface area contributed by atoms with Gasteiger partial charge in [-0.15, -0.1) is 5.10 Å². The Hall–Kier alpha value is -1.63. The van der Waals surface area contributed by atoms with Gasteiger partial charge in [0.25, 0.3) is 0 Å². The van der Waals surface area contributed by atoms with Crippen molar-refractivity contribution in [2.75, 3.05) is 31.9 Å². The van der Waals surface area contributed by atoms with Gasteiger partial charge in [0.15, 0.2) is 0 Å². The fourth-order valence-corrected chi connectivity index (χ4v) is 2.84. The summed E-state index contributed by atoms with van der Waals surface area (Å²) in [6.45, 7) is 4.08. The van der Waals surface area contributed by atoms with Gasteiger partial charge in [0.1, 0.15) is 12.9 Å². The highest BCUT2D eigenvalue weighted by atomic mass is 16.2. The molecule has 18 heavy (non-hydrogen) atoms. The molecule has 2 aliphatic rings. The number of nitrogen functional groups attached to an aromatic ring is 1. The number of fused-ring (bicyclic) bond motifs is 1. The maximum atomic E-state index is 12.1. The van der Waals surface area contributed by atoms with Crippen molar-refractivity contribution in [2.24, 2.45) is 0 Å². The van der Waals surface area contributed by atoms with Crippen LogP contribution < -0.4 is 5.73 Å². The van der Waals surface area contributed by atoms with E-state index < -0.39 is 0 Å². The lowest BCUT2D eigenvalue weighted by Gasteiger charge is -2.37. The number of hydrogen-bond acceptors (Lipinski definition) is 5. The van der Waals surface area contributed by atoms with E-state index in [-0.39, 0.29) is 18.4 Å². The van der Waals surface area contributed by atoms with Gasteiger partial charge >= 0.3 is 0 Å². The van der Waals surface area contributed by atoms with Crippen molar-refractivity contribution in [2.45, 2.75) is 25.4 Å². The molecular formula is C11H18N6O. The molecule has 1 aromatic rings. The summed E-state index contributed by atoms with van der Waals surface area (Å²) in [5.41, 5.74) is 5.43. The van der Waals surface area contributed by atoms with Crippen molar-refractivity contribution in [1.82, 2.24) is 24.6 Å². The quantitative estimate of drug-likeness (QED) is 0.741. The fraction of sp³-hybridized carbons (Fsp3) is 0.727. The molecule has 3 heterocycles. The van der Waals surface area contributed by atoms with E-state index in [0.717, 1.165) is 19.6 Å². The lowest BCUT2D eigenvalue weighted by Crippen LogP contribution is -2.52. The maximum absolute atomic E-state index is 12.1. The van der Waals surface area contributed by atoms with Crippen molar-refractivity contribution in [3.05, 3.63) is 6.33 Å². The number of anilines is 1. The summed E-state index contributed by atoms with van der Waals surface area (Å²) in [4.78, 5) is 20.4. The summed E-state index contributed by atoms with van der Waals surface area (Å²) in [6, 6.07) is 0.559. The molecule has 1 amide bonds. The molecular weight excluding hydrogens is 232 g/mol. The van der Waals surface area contributed by atoms with Crippen LogP contribution in [0.4, 0.5) is 5.95 Å². The van der Waals surface area contributed by atoms with Gasteiger partial charge in [-0.1, -0.05) is 0 Å². The third-order valence-electron chi connectivity index (χ3n) is 3.79. The Morgan fingerprint density at radius 2 is 2.33 bits per heavy atom. The topological polar surface area (TPSA) is 80.3 Å². The van der Waals surface area contributed by atoms with Crippen LogP contribution in [0.25, 0.3) is 0 Å². The molecule has 1 atom stereocenters. The average Bonchev–Trinajstić information content (AvgIpc) is 2.96. The number of aromatic nitrogens is 3. The second-order valence-electron chi connectivity index (χ2n) is 4.97.